The van der Waals surface area contributed by atoms with Gasteiger partial charge < -0.3 is 10.0 Å². The molecular weight excluding hydrogens is 318 g/mol. The molecule has 0 aromatic carbocycles. The van der Waals surface area contributed by atoms with Gasteiger partial charge in [-0.2, -0.15) is 5.10 Å². The highest BCUT2D eigenvalue weighted by Crippen LogP contribution is 2.35. The van der Waals surface area contributed by atoms with Crippen LogP contribution in [0.1, 0.15) is 25.0 Å². The number of likely N-dealkylation sites (tertiary alicyclic amines) is 2. The van der Waals surface area contributed by atoms with E-state index in [0.29, 0.717) is 25.9 Å². The van der Waals surface area contributed by atoms with Crippen LogP contribution >= 0.6 is 0 Å². The summed E-state index contributed by atoms with van der Waals surface area (Å²) in [7, 11) is 0. The summed E-state index contributed by atoms with van der Waals surface area (Å²) < 4.78 is 28.8. The zero-order valence-corrected chi connectivity index (χ0v) is 13.9. The summed E-state index contributed by atoms with van der Waals surface area (Å²) in [4.78, 5) is 15.8. The van der Waals surface area contributed by atoms with Crippen molar-refractivity contribution in [2.45, 2.75) is 50.7 Å². The summed E-state index contributed by atoms with van der Waals surface area (Å²) >= 11 is 0. The Balaban J connectivity index is 1.53. The van der Waals surface area contributed by atoms with Crippen LogP contribution in [0.15, 0.2) is 12.3 Å². The van der Waals surface area contributed by atoms with Gasteiger partial charge in [0, 0.05) is 37.8 Å². The Morgan fingerprint density at radius 3 is 2.71 bits per heavy atom. The number of hydrogen-bond donors (Lipinski definition) is 1. The number of hydrogen-bond acceptors (Lipinski definition) is 4. The lowest BCUT2D eigenvalue weighted by atomic mass is 10.0. The van der Waals surface area contributed by atoms with E-state index in [0.717, 1.165) is 5.69 Å². The number of carbonyl (C=O) groups excluding carboxylic acids is 1. The highest BCUT2D eigenvalue weighted by atomic mass is 19.3. The Labute approximate surface area is 140 Å². The van der Waals surface area contributed by atoms with E-state index in [4.69, 9.17) is 0 Å². The average molecular weight is 342 g/mol. The molecule has 1 N–H and O–H groups in total. The van der Waals surface area contributed by atoms with Gasteiger partial charge in [-0.1, -0.05) is 0 Å². The molecular formula is C16H24F2N4O2. The number of aliphatic hydroxyl groups is 1. The molecule has 2 aliphatic rings. The maximum atomic E-state index is 13.6. The van der Waals surface area contributed by atoms with Crippen LogP contribution < -0.4 is 0 Å². The third kappa shape index (κ3) is 3.75. The summed E-state index contributed by atoms with van der Waals surface area (Å²) in [5.41, 5.74) is 0.867. The second-order valence-corrected chi connectivity index (χ2v) is 6.84. The quantitative estimate of drug-likeness (QED) is 0.883. The van der Waals surface area contributed by atoms with E-state index >= 15 is 0 Å². The van der Waals surface area contributed by atoms with Crippen molar-refractivity contribution in [3.63, 3.8) is 0 Å². The first-order valence-electron chi connectivity index (χ1n) is 8.40. The number of aromatic nitrogens is 2. The molecule has 0 aliphatic carbocycles. The summed E-state index contributed by atoms with van der Waals surface area (Å²) in [6.07, 6.45) is 2.83. The summed E-state index contributed by atoms with van der Waals surface area (Å²) in [6, 6.07) is 1.38. The number of piperidine rings is 1. The van der Waals surface area contributed by atoms with Gasteiger partial charge in [-0.25, -0.2) is 8.78 Å². The Hall–Kier alpha value is -1.54. The molecule has 3 heterocycles. The summed E-state index contributed by atoms with van der Waals surface area (Å²) in [6.45, 7) is 2.67. The number of rotatable bonds is 4. The largest absolute Gasteiger partial charge is 0.395 e. The van der Waals surface area contributed by atoms with E-state index in [1.54, 1.807) is 20.7 Å². The Bertz CT molecular complexity index is 584. The number of carbonyl (C=O) groups is 1. The van der Waals surface area contributed by atoms with E-state index in [1.165, 1.54) is 0 Å². The molecule has 1 atom stereocenters. The van der Waals surface area contributed by atoms with Crippen LogP contribution in [0.5, 0.6) is 0 Å². The lowest BCUT2D eigenvalue weighted by Gasteiger charge is -2.38. The highest BCUT2D eigenvalue weighted by molar-refractivity contribution is 5.76. The molecule has 2 saturated heterocycles. The molecule has 1 aromatic rings. The SMILES string of the molecule is Cc1ccn(CC(=O)N2CCC(N3CC(F)(F)C[C@H]3CO)CC2)n1. The number of halogens is 2. The zero-order chi connectivity index (χ0) is 17.3. The first kappa shape index (κ1) is 17.3. The number of amides is 1. The smallest absolute Gasteiger partial charge is 0.262 e. The van der Waals surface area contributed by atoms with Crippen molar-refractivity contribution in [1.82, 2.24) is 19.6 Å². The fourth-order valence-electron chi connectivity index (χ4n) is 3.76. The summed E-state index contributed by atoms with van der Waals surface area (Å²) in [5, 5.41) is 13.6. The number of aliphatic hydroxyl groups excluding tert-OH is 1. The molecule has 3 rings (SSSR count). The molecule has 0 unspecified atom stereocenters. The van der Waals surface area contributed by atoms with Gasteiger partial charge in [-0.3, -0.25) is 14.4 Å². The Kier molecular flexibility index (Phi) is 4.87. The Morgan fingerprint density at radius 1 is 1.42 bits per heavy atom. The fraction of sp³-hybridized carbons (Fsp3) is 0.750. The second kappa shape index (κ2) is 6.76. The predicted octanol–water partition coefficient (Wildman–Crippen LogP) is 0.884. The molecule has 2 fully saturated rings. The van der Waals surface area contributed by atoms with Gasteiger partial charge in [-0.15, -0.1) is 0 Å². The van der Waals surface area contributed by atoms with Crippen LogP contribution in [0.3, 0.4) is 0 Å². The zero-order valence-electron chi connectivity index (χ0n) is 13.9. The molecule has 8 heteroatoms. The first-order chi connectivity index (χ1) is 11.4. The van der Waals surface area contributed by atoms with Crippen molar-refractivity contribution in [2.24, 2.45) is 0 Å². The van der Waals surface area contributed by atoms with Crippen molar-refractivity contribution in [1.29, 1.82) is 0 Å². The minimum Gasteiger partial charge on any atom is -0.395 e. The average Bonchev–Trinajstić information content (AvgIpc) is 3.09. The molecule has 0 radical (unpaired) electrons. The van der Waals surface area contributed by atoms with Crippen molar-refractivity contribution < 1.29 is 18.7 Å². The van der Waals surface area contributed by atoms with Gasteiger partial charge in [-0.05, 0) is 25.8 Å². The fourth-order valence-corrected chi connectivity index (χ4v) is 3.76. The van der Waals surface area contributed by atoms with Crippen LogP contribution in [0.25, 0.3) is 0 Å². The van der Waals surface area contributed by atoms with E-state index in [9.17, 15) is 18.7 Å². The normalized spacial score (nSPS) is 25.3. The standard InChI is InChI=1S/C16H24F2N4O2/c1-12-2-7-21(19-12)9-15(24)20-5-3-13(4-6-20)22-11-16(17,18)8-14(22)10-23/h2,7,13-14,23H,3-6,8-11H2,1H3/t14-/m0/s1. The molecule has 6 nitrogen and oxygen atoms in total. The third-order valence-corrected chi connectivity index (χ3v) is 4.99. The van der Waals surface area contributed by atoms with Crippen molar-refractivity contribution >= 4 is 5.91 Å². The van der Waals surface area contributed by atoms with Crippen LogP contribution in [-0.4, -0.2) is 74.8 Å². The lowest BCUT2D eigenvalue weighted by molar-refractivity contribution is -0.133. The monoisotopic (exact) mass is 342 g/mol. The van der Waals surface area contributed by atoms with Gasteiger partial charge in [0.05, 0.1) is 18.8 Å². The maximum absolute atomic E-state index is 13.6. The highest BCUT2D eigenvalue weighted by Gasteiger charge is 2.47. The van der Waals surface area contributed by atoms with Crippen molar-refractivity contribution in [3.8, 4) is 0 Å². The number of aryl methyl sites for hydroxylation is 1. The molecule has 1 amide bonds. The van der Waals surface area contributed by atoms with Gasteiger partial charge in [0.1, 0.15) is 6.54 Å². The molecule has 134 valence electrons. The van der Waals surface area contributed by atoms with Gasteiger partial charge in [0.2, 0.25) is 5.91 Å². The van der Waals surface area contributed by atoms with E-state index < -0.39 is 12.0 Å². The first-order valence-corrected chi connectivity index (χ1v) is 8.40. The second-order valence-electron chi connectivity index (χ2n) is 6.84. The lowest BCUT2D eigenvalue weighted by Crippen LogP contribution is -2.49. The van der Waals surface area contributed by atoms with Crippen LogP contribution in [0.4, 0.5) is 8.78 Å². The number of alkyl halides is 2. The molecule has 1 aromatic heterocycles. The minimum absolute atomic E-state index is 0.00186. The van der Waals surface area contributed by atoms with Crippen LogP contribution in [0, 0.1) is 6.92 Å². The van der Waals surface area contributed by atoms with E-state index in [-0.39, 0.29) is 38.1 Å². The van der Waals surface area contributed by atoms with E-state index in [1.807, 2.05) is 13.0 Å². The molecule has 2 aliphatic heterocycles. The van der Waals surface area contributed by atoms with Crippen LogP contribution in [0.2, 0.25) is 0 Å². The summed E-state index contributed by atoms with van der Waals surface area (Å²) in [5.74, 6) is -2.72. The van der Waals surface area contributed by atoms with Gasteiger partial charge in [0.25, 0.3) is 5.92 Å². The molecule has 0 saturated carbocycles. The molecule has 24 heavy (non-hydrogen) atoms. The van der Waals surface area contributed by atoms with Crippen molar-refractivity contribution in [2.75, 3.05) is 26.2 Å². The maximum Gasteiger partial charge on any atom is 0.262 e. The predicted molar refractivity (Wildman–Crippen MR) is 83.7 cm³/mol. The topological polar surface area (TPSA) is 61.6 Å². The van der Waals surface area contributed by atoms with E-state index in [2.05, 4.69) is 5.10 Å². The van der Waals surface area contributed by atoms with Crippen LogP contribution in [-0.2, 0) is 11.3 Å². The van der Waals surface area contributed by atoms with Gasteiger partial charge >= 0.3 is 0 Å². The minimum atomic E-state index is -2.72. The third-order valence-electron chi connectivity index (χ3n) is 4.99. The van der Waals surface area contributed by atoms with Gasteiger partial charge in [0.15, 0.2) is 0 Å². The Morgan fingerprint density at radius 2 is 2.12 bits per heavy atom. The number of nitrogens with zero attached hydrogens (tertiary/aromatic N) is 4. The van der Waals surface area contributed by atoms with Crippen molar-refractivity contribution in [3.05, 3.63) is 18.0 Å². The molecule has 0 bridgehead atoms. The molecule has 0 spiro atoms.